The maximum Gasteiger partial charge on any atom is 0.322 e. The molecular formula is C14H24N4O9. The maximum atomic E-state index is 12.3. The predicted octanol–water partition coefficient (Wildman–Crippen LogP) is -4.28. The van der Waals surface area contributed by atoms with Crippen molar-refractivity contribution in [2.45, 2.75) is 50.6 Å². The van der Waals surface area contributed by atoms with Gasteiger partial charge in [-0.2, -0.15) is 0 Å². The third-order valence-corrected chi connectivity index (χ3v) is 3.31. The fourth-order valence-electron chi connectivity index (χ4n) is 1.81. The maximum absolute atomic E-state index is 12.3. The first-order valence-electron chi connectivity index (χ1n) is 7.80. The molecule has 0 saturated heterocycles. The second-order valence-corrected chi connectivity index (χ2v) is 5.76. The molecule has 5 atom stereocenters. The number of aliphatic hydroxyl groups is 2. The molecule has 0 heterocycles. The van der Waals surface area contributed by atoms with Crippen molar-refractivity contribution in [1.29, 1.82) is 0 Å². The third-order valence-electron chi connectivity index (χ3n) is 3.31. The number of carbonyl (C=O) groups excluding carboxylic acids is 3. The summed E-state index contributed by atoms with van der Waals surface area (Å²) >= 11 is 0. The molecule has 3 amide bonds. The zero-order valence-corrected chi connectivity index (χ0v) is 14.7. The summed E-state index contributed by atoms with van der Waals surface area (Å²) in [5, 5.41) is 42.4. The number of amides is 3. The van der Waals surface area contributed by atoms with E-state index in [4.69, 9.17) is 15.9 Å². The van der Waals surface area contributed by atoms with Gasteiger partial charge < -0.3 is 42.1 Å². The summed E-state index contributed by atoms with van der Waals surface area (Å²) < 4.78 is 0. The molecule has 0 aliphatic rings. The molecule has 0 rings (SSSR count). The molecule has 9 N–H and O–H groups in total. The predicted molar refractivity (Wildman–Crippen MR) is 88.1 cm³/mol. The lowest BCUT2D eigenvalue weighted by Crippen LogP contribution is -2.60. The molecule has 13 heteroatoms. The number of carboxylic acids is 2. The van der Waals surface area contributed by atoms with E-state index < -0.39 is 73.0 Å². The van der Waals surface area contributed by atoms with Crippen LogP contribution in [0.3, 0.4) is 0 Å². The highest BCUT2D eigenvalue weighted by molar-refractivity contribution is 5.95. The Balaban J connectivity index is 5.21. The molecule has 0 radical (unpaired) electrons. The first kappa shape index (κ1) is 24.2. The zero-order chi connectivity index (χ0) is 21.3. The minimum atomic E-state index is -1.65. The van der Waals surface area contributed by atoms with Crippen molar-refractivity contribution >= 4 is 29.7 Å². The Kier molecular flexibility index (Phi) is 9.92. The topological polar surface area (TPSA) is 228 Å². The van der Waals surface area contributed by atoms with E-state index in [1.165, 1.54) is 6.92 Å². The van der Waals surface area contributed by atoms with Crippen molar-refractivity contribution in [3.8, 4) is 0 Å². The molecule has 0 aromatic carbocycles. The van der Waals surface area contributed by atoms with Crippen LogP contribution >= 0.6 is 0 Å². The van der Waals surface area contributed by atoms with Crippen molar-refractivity contribution in [3.63, 3.8) is 0 Å². The van der Waals surface area contributed by atoms with Crippen molar-refractivity contribution in [3.05, 3.63) is 0 Å². The molecule has 0 aliphatic heterocycles. The van der Waals surface area contributed by atoms with Gasteiger partial charge in [-0.05, 0) is 13.8 Å². The summed E-state index contributed by atoms with van der Waals surface area (Å²) in [4.78, 5) is 57.3. The number of carboxylic acid groups (broad SMARTS) is 2. The van der Waals surface area contributed by atoms with E-state index >= 15 is 0 Å². The number of rotatable bonds is 11. The van der Waals surface area contributed by atoms with Gasteiger partial charge in [0, 0.05) is 0 Å². The molecule has 0 bridgehead atoms. The van der Waals surface area contributed by atoms with Crippen molar-refractivity contribution in [2.24, 2.45) is 5.73 Å². The van der Waals surface area contributed by atoms with E-state index in [-0.39, 0.29) is 0 Å². The lowest BCUT2D eigenvalue weighted by Gasteiger charge is -2.25. The van der Waals surface area contributed by atoms with E-state index in [2.05, 4.69) is 5.32 Å². The highest BCUT2D eigenvalue weighted by Gasteiger charge is 2.32. The first-order chi connectivity index (χ1) is 12.4. The summed E-state index contributed by atoms with van der Waals surface area (Å²) in [5.74, 6) is -5.99. The summed E-state index contributed by atoms with van der Waals surface area (Å²) in [6.45, 7) is 1.58. The van der Waals surface area contributed by atoms with Crippen LogP contribution in [-0.2, 0) is 24.0 Å². The summed E-state index contributed by atoms with van der Waals surface area (Å²) in [5.41, 5.74) is 5.42. The fraction of sp³-hybridized carbons (Fsp3) is 0.643. The van der Waals surface area contributed by atoms with Gasteiger partial charge in [0.25, 0.3) is 0 Å². The van der Waals surface area contributed by atoms with E-state index in [1.54, 1.807) is 0 Å². The van der Waals surface area contributed by atoms with Crippen molar-refractivity contribution in [2.75, 3.05) is 6.54 Å². The average Bonchev–Trinajstić information content (AvgIpc) is 2.54. The molecule has 27 heavy (non-hydrogen) atoms. The molecule has 154 valence electrons. The third kappa shape index (κ3) is 8.94. The Morgan fingerprint density at radius 3 is 1.81 bits per heavy atom. The van der Waals surface area contributed by atoms with Gasteiger partial charge >= 0.3 is 11.9 Å². The molecule has 0 aromatic heterocycles. The molecule has 0 aromatic rings. The number of aliphatic carboxylic acids is 2. The van der Waals surface area contributed by atoms with Crippen molar-refractivity contribution < 1.29 is 44.4 Å². The standard InChI is InChI=1S/C14H24N4O9/c1-5(19)10(15)13(26)18-11(6(2)20)14(27)17-7(3-8(21)22)12(25)16-4-9(23)24/h5-7,10-11,19-20H,3-4,15H2,1-2H3,(H,16,25)(H,17,27)(H,18,26)(H,21,22)(H,23,24). The van der Waals surface area contributed by atoms with Crippen LogP contribution in [-0.4, -0.2) is 87.0 Å². The quantitative estimate of drug-likeness (QED) is 0.169. The molecule has 0 fully saturated rings. The van der Waals surface area contributed by atoms with Gasteiger partial charge in [-0.3, -0.25) is 24.0 Å². The van der Waals surface area contributed by atoms with Gasteiger partial charge in [0.15, 0.2) is 0 Å². The largest absolute Gasteiger partial charge is 0.481 e. The SMILES string of the molecule is CC(O)C(N)C(=O)NC(C(=O)NC(CC(=O)O)C(=O)NCC(=O)O)C(C)O. The van der Waals surface area contributed by atoms with Crippen molar-refractivity contribution in [1.82, 2.24) is 16.0 Å². The number of nitrogens with one attached hydrogen (secondary N) is 3. The number of hydrogen-bond acceptors (Lipinski definition) is 8. The second-order valence-electron chi connectivity index (χ2n) is 5.76. The first-order valence-corrected chi connectivity index (χ1v) is 7.80. The molecule has 0 saturated carbocycles. The van der Waals surface area contributed by atoms with Gasteiger partial charge in [-0.15, -0.1) is 0 Å². The van der Waals surface area contributed by atoms with Crippen LogP contribution in [0, 0.1) is 0 Å². The van der Waals surface area contributed by atoms with Crippen LogP contribution in [0.2, 0.25) is 0 Å². The molecule has 13 nitrogen and oxygen atoms in total. The van der Waals surface area contributed by atoms with E-state index in [0.29, 0.717) is 0 Å². The van der Waals surface area contributed by atoms with E-state index in [1.807, 2.05) is 10.6 Å². The van der Waals surface area contributed by atoms with Crippen LogP contribution in [0.5, 0.6) is 0 Å². The van der Waals surface area contributed by atoms with E-state index in [9.17, 15) is 34.2 Å². The molecule has 5 unspecified atom stereocenters. The highest BCUT2D eigenvalue weighted by atomic mass is 16.4. The summed E-state index contributed by atoms with van der Waals surface area (Å²) in [6, 6.07) is -4.66. The van der Waals surface area contributed by atoms with Gasteiger partial charge in [0.1, 0.15) is 24.7 Å². The fourth-order valence-corrected chi connectivity index (χ4v) is 1.81. The minimum absolute atomic E-state index is 0.801. The average molecular weight is 392 g/mol. The lowest BCUT2D eigenvalue weighted by atomic mass is 10.1. The van der Waals surface area contributed by atoms with E-state index in [0.717, 1.165) is 6.92 Å². The normalized spacial score (nSPS) is 16.2. The Bertz CT molecular complexity index is 579. The number of hydrogen-bond donors (Lipinski definition) is 8. The van der Waals surface area contributed by atoms with Crippen LogP contribution < -0.4 is 21.7 Å². The molecule has 0 aliphatic carbocycles. The number of carbonyl (C=O) groups is 5. The number of aliphatic hydroxyl groups excluding tert-OH is 2. The Morgan fingerprint density at radius 1 is 0.852 bits per heavy atom. The number of nitrogens with two attached hydrogens (primary N) is 1. The Morgan fingerprint density at radius 2 is 1.41 bits per heavy atom. The summed E-state index contributed by atoms with van der Waals surface area (Å²) in [6.07, 6.45) is -3.57. The lowest BCUT2D eigenvalue weighted by molar-refractivity contribution is -0.142. The van der Waals surface area contributed by atoms with Crippen LogP contribution in [0.25, 0.3) is 0 Å². The van der Waals surface area contributed by atoms with Crippen LogP contribution in [0.15, 0.2) is 0 Å². The molecular weight excluding hydrogens is 368 g/mol. The second kappa shape index (κ2) is 11.1. The van der Waals surface area contributed by atoms with Crippen LogP contribution in [0.1, 0.15) is 20.3 Å². The summed E-state index contributed by atoms with van der Waals surface area (Å²) in [7, 11) is 0. The monoisotopic (exact) mass is 392 g/mol. The minimum Gasteiger partial charge on any atom is -0.481 e. The zero-order valence-electron chi connectivity index (χ0n) is 14.7. The van der Waals surface area contributed by atoms with Gasteiger partial charge in [-0.25, -0.2) is 0 Å². The van der Waals surface area contributed by atoms with Gasteiger partial charge in [-0.1, -0.05) is 0 Å². The van der Waals surface area contributed by atoms with Crippen LogP contribution in [0.4, 0.5) is 0 Å². The molecule has 0 spiro atoms. The Labute approximate surface area is 153 Å². The van der Waals surface area contributed by atoms with Gasteiger partial charge in [0.05, 0.1) is 18.6 Å². The highest BCUT2D eigenvalue weighted by Crippen LogP contribution is 2.00. The smallest absolute Gasteiger partial charge is 0.322 e. The van der Waals surface area contributed by atoms with Gasteiger partial charge in [0.2, 0.25) is 17.7 Å². The Hall–Kier alpha value is -2.77.